The fraction of sp³-hybridized carbons (Fsp3) is 0.818. The van der Waals surface area contributed by atoms with E-state index in [1.807, 2.05) is 0 Å². The van der Waals surface area contributed by atoms with Crippen molar-refractivity contribution in [3.63, 3.8) is 0 Å². The van der Waals surface area contributed by atoms with E-state index in [0.29, 0.717) is 0 Å². The van der Waals surface area contributed by atoms with Gasteiger partial charge in [-0.25, -0.2) is 0 Å². The van der Waals surface area contributed by atoms with Gasteiger partial charge in [0.1, 0.15) is 0 Å². The number of rotatable bonds is 6. The first-order valence-corrected chi connectivity index (χ1v) is 5.50. The second kappa shape index (κ2) is 6.17. The van der Waals surface area contributed by atoms with Crippen molar-refractivity contribution in [3.8, 4) is 0 Å². The fourth-order valence-electron chi connectivity index (χ4n) is 1.77. The smallest absolute Gasteiger partial charge is 0.0679 e. The zero-order chi connectivity index (χ0) is 10.4. The largest absolute Gasteiger partial charge is 0.392 e. The highest BCUT2D eigenvalue weighted by atomic mass is 16.3. The number of hydrogen-bond donors (Lipinski definition) is 2. The van der Waals surface area contributed by atoms with Crippen molar-refractivity contribution < 1.29 is 5.11 Å². The van der Waals surface area contributed by atoms with Crippen molar-refractivity contribution in [1.82, 2.24) is 10.2 Å². The van der Waals surface area contributed by atoms with Crippen LogP contribution in [0.3, 0.4) is 0 Å². The van der Waals surface area contributed by atoms with Crippen molar-refractivity contribution in [2.45, 2.75) is 25.9 Å². The quantitative estimate of drug-likeness (QED) is 0.485. The standard InChI is InChI=1S/C11H22N2O/c1-3-5-12-7-10(2)8-13-6-4-11(14)9-13/h11-12,14H,2-9H2,1H3. The van der Waals surface area contributed by atoms with E-state index in [1.54, 1.807) is 0 Å². The van der Waals surface area contributed by atoms with E-state index in [1.165, 1.54) is 5.57 Å². The maximum atomic E-state index is 9.34. The highest BCUT2D eigenvalue weighted by Gasteiger charge is 2.19. The van der Waals surface area contributed by atoms with Crippen LogP contribution in [0.15, 0.2) is 12.2 Å². The summed E-state index contributed by atoms with van der Waals surface area (Å²) in [6.45, 7) is 10.9. The Bertz CT molecular complexity index is 182. The lowest BCUT2D eigenvalue weighted by Crippen LogP contribution is -2.28. The molecule has 0 radical (unpaired) electrons. The van der Waals surface area contributed by atoms with Crippen LogP contribution in [0.5, 0.6) is 0 Å². The number of β-amino-alcohol motifs (C(OH)–C–C–N with tert-alkyl or cyclic N) is 1. The molecule has 0 aromatic heterocycles. The van der Waals surface area contributed by atoms with Crippen LogP contribution in [0.1, 0.15) is 19.8 Å². The van der Waals surface area contributed by atoms with Crippen molar-refractivity contribution in [2.75, 3.05) is 32.7 Å². The molecule has 82 valence electrons. The molecule has 1 heterocycles. The SMILES string of the molecule is C=C(CNCCC)CN1CCC(O)C1. The van der Waals surface area contributed by atoms with Crippen LogP contribution in [0.25, 0.3) is 0 Å². The molecule has 1 rings (SSSR count). The Morgan fingerprint density at radius 1 is 1.64 bits per heavy atom. The van der Waals surface area contributed by atoms with Gasteiger partial charge in [-0.05, 0) is 25.0 Å². The first-order valence-electron chi connectivity index (χ1n) is 5.50. The molecular formula is C11H22N2O. The molecule has 0 aliphatic carbocycles. The molecule has 1 unspecified atom stereocenters. The summed E-state index contributed by atoms with van der Waals surface area (Å²) in [7, 11) is 0. The number of nitrogens with zero attached hydrogens (tertiary/aromatic N) is 1. The van der Waals surface area contributed by atoms with Gasteiger partial charge in [-0.15, -0.1) is 0 Å². The Balaban J connectivity index is 2.08. The van der Waals surface area contributed by atoms with Crippen molar-refractivity contribution >= 4 is 0 Å². The molecule has 0 bridgehead atoms. The third-order valence-electron chi connectivity index (χ3n) is 2.50. The van der Waals surface area contributed by atoms with Gasteiger partial charge in [-0.2, -0.15) is 0 Å². The Labute approximate surface area is 86.8 Å². The van der Waals surface area contributed by atoms with Gasteiger partial charge in [-0.1, -0.05) is 13.5 Å². The molecule has 14 heavy (non-hydrogen) atoms. The highest BCUT2D eigenvalue weighted by Crippen LogP contribution is 2.09. The Kier molecular flexibility index (Phi) is 5.15. The molecule has 2 N–H and O–H groups in total. The summed E-state index contributed by atoms with van der Waals surface area (Å²) in [5.41, 5.74) is 1.22. The number of aliphatic hydroxyl groups excluding tert-OH is 1. The molecule has 0 saturated carbocycles. The Hall–Kier alpha value is -0.380. The molecule has 0 amide bonds. The van der Waals surface area contributed by atoms with Crippen LogP contribution in [-0.4, -0.2) is 48.8 Å². The third kappa shape index (κ3) is 4.22. The number of likely N-dealkylation sites (tertiary alicyclic amines) is 1. The Morgan fingerprint density at radius 2 is 2.43 bits per heavy atom. The lowest BCUT2D eigenvalue weighted by atomic mass is 10.3. The molecule has 1 fully saturated rings. The normalized spacial score (nSPS) is 22.9. The van der Waals surface area contributed by atoms with E-state index in [9.17, 15) is 5.11 Å². The summed E-state index contributed by atoms with van der Waals surface area (Å²) in [6.07, 6.45) is 1.96. The van der Waals surface area contributed by atoms with Gasteiger partial charge >= 0.3 is 0 Å². The van der Waals surface area contributed by atoms with Gasteiger partial charge in [0.05, 0.1) is 6.10 Å². The first kappa shape index (κ1) is 11.7. The first-order chi connectivity index (χ1) is 6.72. The summed E-state index contributed by atoms with van der Waals surface area (Å²) in [4.78, 5) is 2.26. The van der Waals surface area contributed by atoms with E-state index in [0.717, 1.165) is 45.6 Å². The lowest BCUT2D eigenvalue weighted by molar-refractivity contribution is 0.179. The van der Waals surface area contributed by atoms with Gasteiger partial charge in [0.15, 0.2) is 0 Å². The van der Waals surface area contributed by atoms with E-state index < -0.39 is 0 Å². The predicted molar refractivity (Wildman–Crippen MR) is 59.4 cm³/mol. The highest BCUT2D eigenvalue weighted by molar-refractivity contribution is 5.00. The maximum absolute atomic E-state index is 9.34. The molecule has 0 spiro atoms. The third-order valence-corrected chi connectivity index (χ3v) is 2.50. The van der Waals surface area contributed by atoms with E-state index in [4.69, 9.17) is 0 Å². The zero-order valence-corrected chi connectivity index (χ0v) is 9.13. The monoisotopic (exact) mass is 198 g/mol. The maximum Gasteiger partial charge on any atom is 0.0679 e. The minimum absolute atomic E-state index is 0.119. The van der Waals surface area contributed by atoms with Gasteiger partial charge < -0.3 is 10.4 Å². The Morgan fingerprint density at radius 3 is 3.00 bits per heavy atom. The second-order valence-corrected chi connectivity index (χ2v) is 4.10. The molecule has 1 aliphatic rings. The molecule has 0 aromatic carbocycles. The summed E-state index contributed by atoms with van der Waals surface area (Å²) >= 11 is 0. The summed E-state index contributed by atoms with van der Waals surface area (Å²) in [5, 5.41) is 12.7. The minimum Gasteiger partial charge on any atom is -0.392 e. The predicted octanol–water partition coefficient (Wildman–Crippen LogP) is 0.609. The van der Waals surface area contributed by atoms with Gasteiger partial charge in [0.25, 0.3) is 0 Å². The summed E-state index contributed by atoms with van der Waals surface area (Å²) in [5.74, 6) is 0. The molecule has 3 nitrogen and oxygen atoms in total. The zero-order valence-electron chi connectivity index (χ0n) is 9.13. The van der Waals surface area contributed by atoms with Gasteiger partial charge in [-0.3, -0.25) is 4.90 Å². The van der Waals surface area contributed by atoms with Crippen LogP contribution in [-0.2, 0) is 0 Å². The topological polar surface area (TPSA) is 35.5 Å². The van der Waals surface area contributed by atoms with Crippen molar-refractivity contribution in [1.29, 1.82) is 0 Å². The van der Waals surface area contributed by atoms with Gasteiger partial charge in [0.2, 0.25) is 0 Å². The van der Waals surface area contributed by atoms with E-state index in [2.05, 4.69) is 23.7 Å². The summed E-state index contributed by atoms with van der Waals surface area (Å²) in [6, 6.07) is 0. The second-order valence-electron chi connectivity index (χ2n) is 4.10. The molecule has 0 aromatic rings. The number of hydrogen-bond acceptors (Lipinski definition) is 3. The minimum atomic E-state index is -0.119. The van der Waals surface area contributed by atoms with Gasteiger partial charge in [0, 0.05) is 26.2 Å². The molecule has 1 aliphatic heterocycles. The van der Waals surface area contributed by atoms with E-state index in [-0.39, 0.29) is 6.10 Å². The average molecular weight is 198 g/mol. The lowest BCUT2D eigenvalue weighted by Gasteiger charge is -2.16. The van der Waals surface area contributed by atoms with E-state index >= 15 is 0 Å². The molecule has 3 heteroatoms. The number of nitrogens with one attached hydrogen (secondary N) is 1. The molecular weight excluding hydrogens is 176 g/mol. The van der Waals surface area contributed by atoms with Crippen molar-refractivity contribution in [2.24, 2.45) is 0 Å². The van der Waals surface area contributed by atoms with Crippen molar-refractivity contribution in [3.05, 3.63) is 12.2 Å². The molecule has 1 atom stereocenters. The van der Waals surface area contributed by atoms with Crippen LogP contribution in [0, 0.1) is 0 Å². The van der Waals surface area contributed by atoms with Crippen LogP contribution >= 0.6 is 0 Å². The number of aliphatic hydroxyl groups is 1. The van der Waals surface area contributed by atoms with Crippen LogP contribution in [0.4, 0.5) is 0 Å². The molecule has 1 saturated heterocycles. The average Bonchev–Trinajstić information content (AvgIpc) is 2.52. The van der Waals surface area contributed by atoms with Crippen LogP contribution in [0.2, 0.25) is 0 Å². The fourth-order valence-corrected chi connectivity index (χ4v) is 1.77. The van der Waals surface area contributed by atoms with Crippen LogP contribution < -0.4 is 5.32 Å². The summed E-state index contributed by atoms with van der Waals surface area (Å²) < 4.78 is 0.